The quantitative estimate of drug-likeness (QED) is 0.903. The molecule has 1 aliphatic heterocycles. The van der Waals surface area contributed by atoms with E-state index in [1.807, 2.05) is 7.05 Å². The summed E-state index contributed by atoms with van der Waals surface area (Å²) in [6.07, 6.45) is 0.767. The van der Waals surface area contributed by atoms with E-state index >= 15 is 0 Å². The molecule has 0 aromatic heterocycles. The number of nitrogens with zero attached hydrogens (tertiary/aromatic N) is 1. The van der Waals surface area contributed by atoms with Crippen molar-refractivity contribution in [1.82, 2.24) is 10.2 Å². The van der Waals surface area contributed by atoms with Crippen molar-refractivity contribution >= 4 is 11.6 Å². The maximum absolute atomic E-state index is 13.3. The van der Waals surface area contributed by atoms with Crippen molar-refractivity contribution in [2.75, 3.05) is 33.3 Å². The summed E-state index contributed by atoms with van der Waals surface area (Å²) in [5.41, 5.74) is 0.822. The molecule has 2 atom stereocenters. The highest BCUT2D eigenvalue weighted by Crippen LogP contribution is 2.21. The SMILES string of the molecule is CCN1CCOC(C(Cc2cc(F)ccc2Cl)NC)C1. The summed E-state index contributed by atoms with van der Waals surface area (Å²) in [6, 6.07) is 4.63. The molecular formula is C15H22ClFN2O. The zero-order valence-corrected chi connectivity index (χ0v) is 12.8. The second-order valence-corrected chi connectivity index (χ2v) is 5.54. The molecule has 0 spiro atoms. The van der Waals surface area contributed by atoms with Crippen LogP contribution in [0, 0.1) is 5.82 Å². The van der Waals surface area contributed by atoms with Crippen LogP contribution in [-0.2, 0) is 11.2 Å². The van der Waals surface area contributed by atoms with Gasteiger partial charge >= 0.3 is 0 Å². The highest BCUT2D eigenvalue weighted by atomic mass is 35.5. The van der Waals surface area contributed by atoms with Gasteiger partial charge in [0.15, 0.2) is 0 Å². The first kappa shape index (κ1) is 15.7. The normalized spacial score (nSPS) is 21.9. The van der Waals surface area contributed by atoms with Gasteiger partial charge in [-0.05, 0) is 43.8 Å². The van der Waals surface area contributed by atoms with Crippen LogP contribution in [0.4, 0.5) is 4.39 Å². The standard InChI is InChI=1S/C15H22ClFN2O/c1-3-19-6-7-20-15(10-19)14(18-2)9-11-8-12(17)4-5-13(11)16/h4-5,8,14-15,18H,3,6-7,9-10H2,1-2H3. The van der Waals surface area contributed by atoms with Crippen molar-refractivity contribution in [3.8, 4) is 0 Å². The van der Waals surface area contributed by atoms with Crippen molar-refractivity contribution in [2.24, 2.45) is 0 Å². The fourth-order valence-electron chi connectivity index (χ4n) is 2.62. The Balaban J connectivity index is 2.06. The van der Waals surface area contributed by atoms with Gasteiger partial charge in [-0.15, -0.1) is 0 Å². The van der Waals surface area contributed by atoms with Gasteiger partial charge in [-0.2, -0.15) is 0 Å². The van der Waals surface area contributed by atoms with E-state index in [1.54, 1.807) is 6.07 Å². The molecule has 1 fully saturated rings. The van der Waals surface area contributed by atoms with Crippen LogP contribution in [-0.4, -0.2) is 50.3 Å². The molecule has 1 aromatic rings. The van der Waals surface area contributed by atoms with Crippen LogP contribution in [0.15, 0.2) is 18.2 Å². The van der Waals surface area contributed by atoms with Crippen LogP contribution in [0.5, 0.6) is 0 Å². The highest BCUT2D eigenvalue weighted by Gasteiger charge is 2.27. The third kappa shape index (κ3) is 3.92. The van der Waals surface area contributed by atoms with E-state index < -0.39 is 0 Å². The van der Waals surface area contributed by atoms with Gasteiger partial charge in [0.25, 0.3) is 0 Å². The monoisotopic (exact) mass is 300 g/mol. The predicted octanol–water partition coefficient (Wildman–Crippen LogP) is 2.33. The van der Waals surface area contributed by atoms with Crippen molar-refractivity contribution in [1.29, 1.82) is 0 Å². The van der Waals surface area contributed by atoms with Crippen molar-refractivity contribution in [3.63, 3.8) is 0 Å². The van der Waals surface area contributed by atoms with Crippen molar-refractivity contribution in [3.05, 3.63) is 34.6 Å². The number of likely N-dealkylation sites (N-methyl/N-ethyl adjacent to an activating group) is 2. The molecule has 3 nitrogen and oxygen atoms in total. The summed E-state index contributed by atoms with van der Waals surface area (Å²) < 4.78 is 19.2. The minimum atomic E-state index is -0.251. The molecule has 1 aromatic carbocycles. The van der Waals surface area contributed by atoms with E-state index in [0.29, 0.717) is 11.4 Å². The Kier molecular flexibility index (Phi) is 5.78. The number of hydrogen-bond donors (Lipinski definition) is 1. The van der Waals surface area contributed by atoms with Gasteiger partial charge in [-0.3, -0.25) is 4.90 Å². The number of benzene rings is 1. The molecule has 20 heavy (non-hydrogen) atoms. The number of hydrogen-bond acceptors (Lipinski definition) is 3. The van der Waals surface area contributed by atoms with Gasteiger partial charge in [-0.25, -0.2) is 4.39 Å². The van der Waals surface area contributed by atoms with Crippen molar-refractivity contribution < 1.29 is 9.13 Å². The first-order valence-electron chi connectivity index (χ1n) is 7.09. The summed E-state index contributed by atoms with van der Waals surface area (Å²) in [6.45, 7) is 5.80. The third-order valence-corrected chi connectivity index (χ3v) is 4.26. The Labute approximate surface area is 125 Å². The van der Waals surface area contributed by atoms with E-state index in [1.165, 1.54) is 12.1 Å². The smallest absolute Gasteiger partial charge is 0.123 e. The molecular weight excluding hydrogens is 279 g/mol. The van der Waals surface area contributed by atoms with Crippen LogP contribution in [0.1, 0.15) is 12.5 Å². The number of rotatable bonds is 5. The first-order chi connectivity index (χ1) is 9.63. The predicted molar refractivity (Wildman–Crippen MR) is 79.8 cm³/mol. The van der Waals surface area contributed by atoms with Gasteiger partial charge in [0.1, 0.15) is 5.82 Å². The summed E-state index contributed by atoms with van der Waals surface area (Å²) >= 11 is 6.15. The van der Waals surface area contributed by atoms with E-state index in [4.69, 9.17) is 16.3 Å². The molecule has 0 amide bonds. The molecule has 1 saturated heterocycles. The topological polar surface area (TPSA) is 24.5 Å². The zero-order valence-electron chi connectivity index (χ0n) is 12.0. The molecule has 0 radical (unpaired) electrons. The fourth-order valence-corrected chi connectivity index (χ4v) is 2.81. The number of nitrogens with one attached hydrogen (secondary N) is 1. The Morgan fingerprint density at radius 1 is 1.55 bits per heavy atom. The second-order valence-electron chi connectivity index (χ2n) is 5.14. The molecule has 1 heterocycles. The van der Waals surface area contributed by atoms with Gasteiger partial charge < -0.3 is 10.1 Å². The Morgan fingerprint density at radius 2 is 2.35 bits per heavy atom. The molecule has 0 aliphatic carbocycles. The third-order valence-electron chi connectivity index (χ3n) is 3.89. The lowest BCUT2D eigenvalue weighted by Crippen LogP contribution is -2.52. The summed E-state index contributed by atoms with van der Waals surface area (Å²) in [5, 5.41) is 3.89. The van der Waals surface area contributed by atoms with E-state index in [9.17, 15) is 4.39 Å². The highest BCUT2D eigenvalue weighted by molar-refractivity contribution is 6.31. The lowest BCUT2D eigenvalue weighted by atomic mass is 10.00. The average Bonchev–Trinajstić information content (AvgIpc) is 2.48. The number of halogens is 2. The molecule has 1 aliphatic rings. The van der Waals surface area contributed by atoms with E-state index in [-0.39, 0.29) is 18.0 Å². The minimum absolute atomic E-state index is 0.105. The van der Waals surface area contributed by atoms with E-state index in [0.717, 1.165) is 31.8 Å². The lowest BCUT2D eigenvalue weighted by Gasteiger charge is -2.36. The maximum atomic E-state index is 13.3. The first-order valence-corrected chi connectivity index (χ1v) is 7.47. The van der Waals surface area contributed by atoms with Gasteiger partial charge in [0.05, 0.1) is 12.7 Å². The van der Waals surface area contributed by atoms with Crippen LogP contribution in [0.2, 0.25) is 5.02 Å². The number of ether oxygens (including phenoxy) is 1. The lowest BCUT2D eigenvalue weighted by molar-refractivity contribution is -0.0436. The van der Waals surface area contributed by atoms with Crippen LogP contribution >= 0.6 is 11.6 Å². The zero-order chi connectivity index (χ0) is 14.5. The molecule has 1 N–H and O–H groups in total. The average molecular weight is 301 g/mol. The summed E-state index contributed by atoms with van der Waals surface area (Å²) in [7, 11) is 1.91. The Morgan fingerprint density at radius 3 is 3.05 bits per heavy atom. The van der Waals surface area contributed by atoms with Gasteiger partial charge in [-0.1, -0.05) is 18.5 Å². The fraction of sp³-hybridized carbons (Fsp3) is 0.600. The molecule has 2 unspecified atom stereocenters. The van der Waals surface area contributed by atoms with Gasteiger partial charge in [0.2, 0.25) is 0 Å². The molecule has 2 rings (SSSR count). The molecule has 112 valence electrons. The molecule has 0 bridgehead atoms. The Hall–Kier alpha value is -0.680. The maximum Gasteiger partial charge on any atom is 0.123 e. The minimum Gasteiger partial charge on any atom is -0.374 e. The molecule has 0 saturated carbocycles. The van der Waals surface area contributed by atoms with Crippen LogP contribution < -0.4 is 5.32 Å². The number of morpholine rings is 1. The molecule has 5 heteroatoms. The van der Waals surface area contributed by atoms with Crippen LogP contribution in [0.3, 0.4) is 0 Å². The van der Waals surface area contributed by atoms with Crippen LogP contribution in [0.25, 0.3) is 0 Å². The van der Waals surface area contributed by atoms with Gasteiger partial charge in [0, 0.05) is 24.2 Å². The second kappa shape index (κ2) is 7.36. The Bertz CT molecular complexity index is 444. The summed E-state index contributed by atoms with van der Waals surface area (Å²) in [4.78, 5) is 2.37. The van der Waals surface area contributed by atoms with E-state index in [2.05, 4.69) is 17.1 Å². The van der Waals surface area contributed by atoms with Crippen molar-refractivity contribution in [2.45, 2.75) is 25.5 Å². The largest absolute Gasteiger partial charge is 0.374 e. The summed E-state index contributed by atoms with van der Waals surface area (Å²) in [5.74, 6) is -0.251.